The topological polar surface area (TPSA) is 54.5 Å². The zero-order valence-electron chi connectivity index (χ0n) is 17.1. The Labute approximate surface area is 152 Å². The second-order valence-electron chi connectivity index (χ2n) is 8.16. The summed E-state index contributed by atoms with van der Waals surface area (Å²) >= 11 is 0. The maximum Gasteiger partial charge on any atom is 0.223 e. The van der Waals surface area contributed by atoms with Crippen molar-refractivity contribution in [3.05, 3.63) is 22.3 Å². The van der Waals surface area contributed by atoms with Gasteiger partial charge in [0.1, 0.15) is 0 Å². The molecule has 1 aliphatic carbocycles. The van der Waals surface area contributed by atoms with Crippen molar-refractivity contribution in [3.8, 4) is 0 Å². The van der Waals surface area contributed by atoms with Gasteiger partial charge in [0.15, 0.2) is 11.6 Å². The Morgan fingerprint density at radius 1 is 1.08 bits per heavy atom. The van der Waals surface area contributed by atoms with E-state index in [0.717, 1.165) is 6.42 Å². The molecule has 1 amide bonds. The summed E-state index contributed by atoms with van der Waals surface area (Å²) in [6, 6.07) is 0. The van der Waals surface area contributed by atoms with Gasteiger partial charge in [0.05, 0.1) is 0 Å². The largest absolute Gasteiger partial charge is 0.346 e. The van der Waals surface area contributed by atoms with Crippen molar-refractivity contribution >= 4 is 17.5 Å². The molecule has 1 aliphatic rings. The number of ketones is 2. The van der Waals surface area contributed by atoms with Crippen LogP contribution in [0.5, 0.6) is 0 Å². The standard InChI is InChI=1S/C21H33NO3/c1-9-22(8)17(23)12-21(6,7)18-15(5)19(24)16(11-10-13(2)3)14(4)20(18)25/h13H,9-12H2,1-8H3. The van der Waals surface area contributed by atoms with Crippen molar-refractivity contribution < 1.29 is 14.4 Å². The second-order valence-corrected chi connectivity index (χ2v) is 8.16. The highest BCUT2D eigenvalue weighted by Crippen LogP contribution is 2.40. The molecule has 0 aromatic heterocycles. The van der Waals surface area contributed by atoms with Crippen LogP contribution in [0.15, 0.2) is 22.3 Å². The van der Waals surface area contributed by atoms with E-state index in [9.17, 15) is 14.4 Å². The Balaban J connectivity index is 3.19. The van der Waals surface area contributed by atoms with Gasteiger partial charge >= 0.3 is 0 Å². The first kappa shape index (κ1) is 21.3. The van der Waals surface area contributed by atoms with E-state index in [-0.39, 0.29) is 23.9 Å². The minimum Gasteiger partial charge on any atom is -0.346 e. The average Bonchev–Trinajstić information content (AvgIpc) is 2.51. The Bertz CT molecular complexity index is 636. The number of allylic oxidation sites excluding steroid dienone is 4. The molecule has 0 radical (unpaired) electrons. The molecule has 25 heavy (non-hydrogen) atoms. The molecule has 140 valence electrons. The van der Waals surface area contributed by atoms with E-state index in [2.05, 4.69) is 13.8 Å². The normalized spacial score (nSPS) is 16.2. The van der Waals surface area contributed by atoms with Crippen molar-refractivity contribution in [2.45, 2.75) is 67.7 Å². The van der Waals surface area contributed by atoms with Crippen molar-refractivity contribution in [1.29, 1.82) is 0 Å². The van der Waals surface area contributed by atoms with Gasteiger partial charge in [-0.05, 0) is 39.5 Å². The smallest absolute Gasteiger partial charge is 0.223 e. The van der Waals surface area contributed by atoms with Crippen LogP contribution in [0.4, 0.5) is 0 Å². The van der Waals surface area contributed by atoms with Gasteiger partial charge in [-0.15, -0.1) is 0 Å². The van der Waals surface area contributed by atoms with E-state index >= 15 is 0 Å². The molecular formula is C21H33NO3. The van der Waals surface area contributed by atoms with Gasteiger partial charge in [-0.25, -0.2) is 0 Å². The third kappa shape index (κ3) is 4.68. The van der Waals surface area contributed by atoms with Crippen LogP contribution in [0.2, 0.25) is 0 Å². The summed E-state index contributed by atoms with van der Waals surface area (Å²) < 4.78 is 0. The van der Waals surface area contributed by atoms with Gasteiger partial charge in [0.2, 0.25) is 5.91 Å². The van der Waals surface area contributed by atoms with Gasteiger partial charge in [0, 0.05) is 47.7 Å². The fraction of sp³-hybridized carbons (Fsp3) is 0.667. The van der Waals surface area contributed by atoms with E-state index in [1.165, 1.54) is 0 Å². The van der Waals surface area contributed by atoms with Crippen LogP contribution in [0.3, 0.4) is 0 Å². The molecule has 0 saturated heterocycles. The summed E-state index contributed by atoms with van der Waals surface area (Å²) in [7, 11) is 1.75. The highest BCUT2D eigenvalue weighted by Gasteiger charge is 2.39. The molecule has 4 nitrogen and oxygen atoms in total. The molecular weight excluding hydrogens is 314 g/mol. The highest BCUT2D eigenvalue weighted by atomic mass is 16.2. The van der Waals surface area contributed by atoms with Gasteiger partial charge in [-0.2, -0.15) is 0 Å². The summed E-state index contributed by atoms with van der Waals surface area (Å²) in [5.74, 6) is 0.359. The van der Waals surface area contributed by atoms with E-state index in [0.29, 0.717) is 41.2 Å². The van der Waals surface area contributed by atoms with Crippen LogP contribution in [-0.2, 0) is 14.4 Å². The number of rotatable bonds is 7. The lowest BCUT2D eigenvalue weighted by Crippen LogP contribution is -2.36. The van der Waals surface area contributed by atoms with E-state index in [1.807, 2.05) is 20.8 Å². The van der Waals surface area contributed by atoms with Crippen LogP contribution in [0.1, 0.15) is 67.7 Å². The molecule has 0 aromatic rings. The molecule has 0 saturated carbocycles. The summed E-state index contributed by atoms with van der Waals surface area (Å²) in [5, 5.41) is 0. The Kier molecular flexibility index (Phi) is 6.92. The number of hydrogen-bond acceptors (Lipinski definition) is 3. The second kappa shape index (κ2) is 8.11. The van der Waals surface area contributed by atoms with Gasteiger partial charge in [0.25, 0.3) is 0 Å². The average molecular weight is 347 g/mol. The summed E-state index contributed by atoms with van der Waals surface area (Å²) in [4.78, 5) is 39.9. The molecule has 0 aromatic carbocycles. The lowest BCUT2D eigenvalue weighted by molar-refractivity contribution is -0.131. The number of amides is 1. The molecule has 0 bridgehead atoms. The van der Waals surface area contributed by atoms with Gasteiger partial charge < -0.3 is 4.90 Å². The van der Waals surface area contributed by atoms with E-state index in [4.69, 9.17) is 0 Å². The number of nitrogens with zero attached hydrogens (tertiary/aromatic N) is 1. The van der Waals surface area contributed by atoms with Crippen LogP contribution < -0.4 is 0 Å². The molecule has 0 aliphatic heterocycles. The Morgan fingerprint density at radius 2 is 1.64 bits per heavy atom. The Morgan fingerprint density at radius 3 is 2.12 bits per heavy atom. The number of carbonyl (C=O) groups excluding carboxylic acids is 3. The SMILES string of the molecule is CCN(C)C(=O)CC(C)(C)C1=C(C)C(=O)C(CCC(C)C)=C(C)C1=O. The van der Waals surface area contributed by atoms with Crippen LogP contribution in [-0.4, -0.2) is 36.0 Å². The summed E-state index contributed by atoms with van der Waals surface area (Å²) in [6.07, 6.45) is 1.74. The molecule has 0 spiro atoms. The van der Waals surface area contributed by atoms with E-state index in [1.54, 1.807) is 25.8 Å². The first-order chi connectivity index (χ1) is 11.4. The highest BCUT2D eigenvalue weighted by molar-refractivity contribution is 6.25. The fourth-order valence-corrected chi connectivity index (χ4v) is 3.33. The zero-order valence-corrected chi connectivity index (χ0v) is 17.1. The molecule has 0 N–H and O–H groups in total. The van der Waals surface area contributed by atoms with Gasteiger partial charge in [-0.1, -0.05) is 27.7 Å². The molecule has 4 heteroatoms. The summed E-state index contributed by atoms with van der Waals surface area (Å²) in [5.41, 5.74) is 1.54. The van der Waals surface area contributed by atoms with Crippen molar-refractivity contribution in [2.24, 2.45) is 11.3 Å². The van der Waals surface area contributed by atoms with Crippen LogP contribution >= 0.6 is 0 Å². The van der Waals surface area contributed by atoms with Crippen LogP contribution in [0, 0.1) is 11.3 Å². The minimum atomic E-state index is -0.665. The first-order valence-electron chi connectivity index (χ1n) is 9.18. The Hall–Kier alpha value is -1.71. The maximum absolute atomic E-state index is 13.0. The fourth-order valence-electron chi connectivity index (χ4n) is 3.33. The predicted octanol–water partition coefficient (Wildman–Crippen LogP) is 4.10. The molecule has 0 fully saturated rings. The lowest BCUT2D eigenvalue weighted by Gasteiger charge is -2.33. The van der Waals surface area contributed by atoms with Crippen LogP contribution in [0.25, 0.3) is 0 Å². The van der Waals surface area contributed by atoms with Crippen molar-refractivity contribution in [2.75, 3.05) is 13.6 Å². The molecule has 1 rings (SSSR count). The minimum absolute atomic E-state index is 0.0136. The third-order valence-corrected chi connectivity index (χ3v) is 5.15. The summed E-state index contributed by atoms with van der Waals surface area (Å²) in [6.45, 7) is 14.0. The number of hydrogen-bond donors (Lipinski definition) is 0. The van der Waals surface area contributed by atoms with E-state index < -0.39 is 5.41 Å². The maximum atomic E-state index is 13.0. The molecule has 0 heterocycles. The molecule has 0 unspecified atom stereocenters. The first-order valence-corrected chi connectivity index (χ1v) is 9.18. The van der Waals surface area contributed by atoms with Crippen molar-refractivity contribution in [3.63, 3.8) is 0 Å². The third-order valence-electron chi connectivity index (χ3n) is 5.15. The van der Waals surface area contributed by atoms with Crippen molar-refractivity contribution in [1.82, 2.24) is 4.90 Å². The number of carbonyl (C=O) groups is 3. The van der Waals surface area contributed by atoms with Gasteiger partial charge in [-0.3, -0.25) is 14.4 Å². The zero-order chi connectivity index (χ0) is 19.5. The molecule has 0 atom stereocenters. The lowest BCUT2D eigenvalue weighted by atomic mass is 9.70. The monoisotopic (exact) mass is 347 g/mol. The number of Topliss-reactive ketones (excluding diaryl/α,β-unsaturated/α-hetero) is 2. The quantitative estimate of drug-likeness (QED) is 0.652. The predicted molar refractivity (Wildman–Crippen MR) is 101 cm³/mol.